The number of anilines is 1. The van der Waals surface area contributed by atoms with Crippen LogP contribution in [-0.2, 0) is 13.5 Å². The predicted molar refractivity (Wildman–Crippen MR) is 142 cm³/mol. The van der Waals surface area contributed by atoms with Crippen molar-refractivity contribution in [2.75, 3.05) is 25.5 Å². The molecule has 1 aliphatic rings. The number of benzene rings is 2. The first-order valence-corrected chi connectivity index (χ1v) is 12.7. The molecule has 0 unspecified atom stereocenters. The van der Waals surface area contributed by atoms with Crippen LogP contribution in [0.3, 0.4) is 0 Å². The van der Waals surface area contributed by atoms with E-state index < -0.39 is 0 Å². The number of amides is 2. The lowest BCUT2D eigenvalue weighted by atomic mass is 9.84. The SMILES string of the molecule is CN(CCc1c[nH]c2ccccc12)C[C@@H]1CCCC[C@H]1NC(=O)Nc1cccc(-c2nnnn2C)c1. The molecule has 2 aromatic carbocycles. The quantitative estimate of drug-likeness (QED) is 0.346. The van der Waals surface area contributed by atoms with Crippen molar-refractivity contribution in [1.82, 2.24) is 35.4 Å². The predicted octanol–water partition coefficient (Wildman–Crippen LogP) is 4.21. The topological polar surface area (TPSA) is 104 Å². The van der Waals surface area contributed by atoms with Crippen molar-refractivity contribution in [3.05, 3.63) is 60.3 Å². The highest BCUT2D eigenvalue weighted by Gasteiger charge is 2.27. The van der Waals surface area contributed by atoms with Gasteiger partial charge in [0.25, 0.3) is 0 Å². The van der Waals surface area contributed by atoms with Crippen LogP contribution in [0, 0.1) is 5.92 Å². The van der Waals surface area contributed by atoms with Gasteiger partial charge in [0.05, 0.1) is 0 Å². The molecule has 0 radical (unpaired) electrons. The zero-order valence-electron chi connectivity index (χ0n) is 20.9. The minimum absolute atomic E-state index is 0.165. The third-order valence-electron chi connectivity index (χ3n) is 7.21. The van der Waals surface area contributed by atoms with Gasteiger partial charge in [-0.2, -0.15) is 0 Å². The Kier molecular flexibility index (Phi) is 7.27. The number of carbonyl (C=O) groups excluding carboxylic acids is 1. The molecule has 2 heterocycles. The van der Waals surface area contributed by atoms with Crippen molar-refractivity contribution < 1.29 is 4.79 Å². The summed E-state index contributed by atoms with van der Waals surface area (Å²) in [5.41, 5.74) is 4.12. The Morgan fingerprint density at radius 3 is 2.89 bits per heavy atom. The Bertz CT molecular complexity index is 1310. The Hall–Kier alpha value is -3.72. The van der Waals surface area contributed by atoms with Crippen LogP contribution in [0.2, 0.25) is 0 Å². The first-order chi connectivity index (χ1) is 17.6. The molecule has 1 saturated carbocycles. The number of aromatic amines is 1. The van der Waals surface area contributed by atoms with Crippen LogP contribution in [0.4, 0.5) is 10.5 Å². The fourth-order valence-corrected chi connectivity index (χ4v) is 5.30. The lowest BCUT2D eigenvalue weighted by Gasteiger charge is -2.35. The minimum atomic E-state index is -0.165. The number of hydrogen-bond donors (Lipinski definition) is 3. The van der Waals surface area contributed by atoms with Gasteiger partial charge in [-0.05, 0) is 66.4 Å². The summed E-state index contributed by atoms with van der Waals surface area (Å²) < 4.78 is 1.61. The molecule has 4 aromatic rings. The van der Waals surface area contributed by atoms with Crippen LogP contribution in [0.25, 0.3) is 22.3 Å². The number of fused-ring (bicyclic) bond motifs is 1. The summed E-state index contributed by atoms with van der Waals surface area (Å²) in [6, 6.07) is 16.1. The van der Waals surface area contributed by atoms with Gasteiger partial charge >= 0.3 is 6.03 Å². The third kappa shape index (κ3) is 5.57. The van der Waals surface area contributed by atoms with Crippen LogP contribution >= 0.6 is 0 Å². The van der Waals surface area contributed by atoms with E-state index in [0.29, 0.717) is 11.7 Å². The molecule has 2 aromatic heterocycles. The van der Waals surface area contributed by atoms with E-state index in [-0.39, 0.29) is 12.1 Å². The standard InChI is InChI=1S/C27H34N8O/c1-34(15-14-20-17-28-25-13-6-4-11-23(20)25)18-21-8-3-5-12-24(21)30-27(36)29-22-10-7-9-19(16-22)26-31-32-33-35(26)2/h4,6-7,9-11,13,16-17,21,24,28H,3,5,8,12,14-15,18H2,1-2H3,(H2,29,30,36)/t21-,24+/m0/s1. The first-order valence-electron chi connectivity index (χ1n) is 12.7. The molecule has 5 rings (SSSR count). The maximum atomic E-state index is 12.9. The fraction of sp³-hybridized carbons (Fsp3) is 0.407. The number of nitrogens with one attached hydrogen (secondary N) is 3. The first kappa shape index (κ1) is 24.0. The molecular formula is C27H34N8O. The number of likely N-dealkylation sites (N-methyl/N-ethyl adjacent to an activating group) is 1. The molecule has 36 heavy (non-hydrogen) atoms. The largest absolute Gasteiger partial charge is 0.361 e. The molecule has 1 aliphatic carbocycles. The van der Waals surface area contributed by atoms with Gasteiger partial charge in [0.2, 0.25) is 0 Å². The van der Waals surface area contributed by atoms with Gasteiger partial charge in [0.15, 0.2) is 5.82 Å². The monoisotopic (exact) mass is 486 g/mol. The smallest absolute Gasteiger partial charge is 0.319 e. The summed E-state index contributed by atoms with van der Waals surface area (Å²) in [5.74, 6) is 1.09. The molecule has 0 spiro atoms. The molecule has 3 N–H and O–H groups in total. The highest BCUT2D eigenvalue weighted by molar-refractivity contribution is 5.90. The Morgan fingerprint density at radius 1 is 1.17 bits per heavy atom. The maximum absolute atomic E-state index is 12.9. The molecule has 0 aliphatic heterocycles. The Morgan fingerprint density at radius 2 is 2.03 bits per heavy atom. The normalized spacial score (nSPS) is 18.0. The lowest BCUT2D eigenvalue weighted by Crippen LogP contribution is -2.47. The number of carbonyl (C=O) groups is 1. The van der Waals surface area contributed by atoms with E-state index in [2.05, 4.69) is 73.6 Å². The number of rotatable bonds is 8. The second kappa shape index (κ2) is 10.9. The highest BCUT2D eigenvalue weighted by Crippen LogP contribution is 2.26. The maximum Gasteiger partial charge on any atom is 0.319 e. The minimum Gasteiger partial charge on any atom is -0.361 e. The van der Waals surface area contributed by atoms with Gasteiger partial charge in [0, 0.05) is 54.5 Å². The average Bonchev–Trinajstić information content (AvgIpc) is 3.50. The van der Waals surface area contributed by atoms with Crippen molar-refractivity contribution in [1.29, 1.82) is 0 Å². The summed E-state index contributed by atoms with van der Waals surface area (Å²) in [6.07, 6.45) is 7.65. The van der Waals surface area contributed by atoms with Crippen LogP contribution in [-0.4, -0.2) is 62.3 Å². The number of aryl methyl sites for hydroxylation is 1. The van der Waals surface area contributed by atoms with Gasteiger partial charge in [0.1, 0.15) is 0 Å². The molecular weight excluding hydrogens is 452 g/mol. The van der Waals surface area contributed by atoms with Crippen LogP contribution in [0.1, 0.15) is 31.2 Å². The number of H-pyrrole nitrogens is 1. The zero-order chi connectivity index (χ0) is 24.9. The molecule has 188 valence electrons. The number of urea groups is 1. The fourth-order valence-electron chi connectivity index (χ4n) is 5.30. The molecule has 2 atom stereocenters. The summed E-state index contributed by atoms with van der Waals surface area (Å²) in [5, 5.41) is 19.2. The Labute approximate surface area is 211 Å². The molecule has 0 saturated heterocycles. The highest BCUT2D eigenvalue weighted by atomic mass is 16.2. The molecule has 0 bridgehead atoms. The van der Waals surface area contributed by atoms with Crippen LogP contribution in [0.15, 0.2) is 54.7 Å². The van der Waals surface area contributed by atoms with Gasteiger partial charge in [-0.15, -0.1) is 5.10 Å². The number of hydrogen-bond acceptors (Lipinski definition) is 5. The lowest BCUT2D eigenvalue weighted by molar-refractivity contribution is 0.189. The number of nitrogens with zero attached hydrogens (tertiary/aromatic N) is 5. The number of tetrazole rings is 1. The van der Waals surface area contributed by atoms with E-state index in [1.807, 2.05) is 24.3 Å². The summed E-state index contributed by atoms with van der Waals surface area (Å²) in [7, 11) is 3.98. The van der Waals surface area contributed by atoms with E-state index >= 15 is 0 Å². The number of para-hydroxylation sites is 1. The summed E-state index contributed by atoms with van der Waals surface area (Å²) in [6.45, 7) is 1.96. The summed E-state index contributed by atoms with van der Waals surface area (Å²) >= 11 is 0. The van der Waals surface area contributed by atoms with E-state index in [9.17, 15) is 4.79 Å². The van der Waals surface area contributed by atoms with Crippen LogP contribution < -0.4 is 10.6 Å². The van der Waals surface area contributed by atoms with E-state index in [0.717, 1.165) is 50.0 Å². The van der Waals surface area contributed by atoms with Gasteiger partial charge < -0.3 is 20.5 Å². The van der Waals surface area contributed by atoms with Crippen molar-refractivity contribution in [3.63, 3.8) is 0 Å². The van der Waals surface area contributed by atoms with Crippen LogP contribution in [0.5, 0.6) is 0 Å². The zero-order valence-corrected chi connectivity index (χ0v) is 20.9. The second-order valence-corrected chi connectivity index (χ2v) is 9.83. The third-order valence-corrected chi connectivity index (χ3v) is 7.21. The van der Waals surface area contributed by atoms with E-state index in [1.165, 1.54) is 22.9 Å². The number of aromatic nitrogens is 5. The van der Waals surface area contributed by atoms with Gasteiger partial charge in [-0.1, -0.05) is 43.2 Å². The van der Waals surface area contributed by atoms with Crippen molar-refractivity contribution in [2.24, 2.45) is 13.0 Å². The van der Waals surface area contributed by atoms with E-state index in [4.69, 9.17) is 0 Å². The summed E-state index contributed by atoms with van der Waals surface area (Å²) in [4.78, 5) is 18.7. The van der Waals surface area contributed by atoms with Gasteiger partial charge in [-0.25, -0.2) is 9.48 Å². The van der Waals surface area contributed by atoms with Gasteiger partial charge in [-0.3, -0.25) is 0 Å². The molecule has 9 nitrogen and oxygen atoms in total. The molecule has 9 heteroatoms. The van der Waals surface area contributed by atoms with E-state index in [1.54, 1.807) is 11.7 Å². The average molecular weight is 487 g/mol. The van der Waals surface area contributed by atoms with Crippen molar-refractivity contribution >= 4 is 22.6 Å². The van der Waals surface area contributed by atoms with Crippen molar-refractivity contribution in [2.45, 2.75) is 38.1 Å². The molecule has 2 amide bonds. The Balaban J connectivity index is 1.16. The molecule has 1 fully saturated rings. The second-order valence-electron chi connectivity index (χ2n) is 9.83. The van der Waals surface area contributed by atoms with Crippen molar-refractivity contribution in [3.8, 4) is 11.4 Å².